The molecule has 1 rings (SSSR count). The first-order valence-electron chi connectivity index (χ1n) is 5.18. The zero-order chi connectivity index (χ0) is 14.1. The van der Waals surface area contributed by atoms with E-state index in [0.717, 1.165) is 10.4 Å². The van der Waals surface area contributed by atoms with Crippen LogP contribution in [-0.2, 0) is 10.0 Å². The van der Waals surface area contributed by atoms with Gasteiger partial charge >= 0.3 is 0 Å². The topological polar surface area (TPSA) is 57.6 Å². The average Bonchev–Trinajstić information content (AvgIpc) is 2.31. The fourth-order valence-electron chi connectivity index (χ4n) is 1.22. The molecular weight excluding hydrogens is 325 g/mol. The van der Waals surface area contributed by atoms with Crippen molar-refractivity contribution in [2.24, 2.45) is 0 Å². The van der Waals surface area contributed by atoms with Crippen molar-refractivity contribution in [1.29, 1.82) is 0 Å². The Morgan fingerprint density at radius 1 is 1.44 bits per heavy atom. The molecule has 0 spiro atoms. The smallest absolute Gasteiger partial charge is 0.243 e. The Morgan fingerprint density at radius 3 is 2.44 bits per heavy atom. The monoisotopic (exact) mass is 339 g/mol. The Labute approximate surface area is 115 Å². The van der Waals surface area contributed by atoms with Gasteiger partial charge in [0.1, 0.15) is 5.82 Å². The van der Waals surface area contributed by atoms with E-state index in [1.54, 1.807) is 13.8 Å². The maximum absolute atomic E-state index is 13.4. The molecule has 0 fully saturated rings. The predicted molar refractivity (Wildman–Crippen MR) is 70.2 cm³/mol. The van der Waals surface area contributed by atoms with Gasteiger partial charge in [0.05, 0.1) is 21.5 Å². The van der Waals surface area contributed by atoms with Crippen LogP contribution in [0.1, 0.15) is 13.8 Å². The largest absolute Gasteiger partial charge is 0.394 e. The number of hydrogen-bond donors (Lipinski definition) is 1. The van der Waals surface area contributed by atoms with Crippen molar-refractivity contribution < 1.29 is 17.9 Å². The molecule has 0 aliphatic carbocycles. The van der Waals surface area contributed by atoms with Crippen LogP contribution in [-0.4, -0.2) is 37.0 Å². The van der Waals surface area contributed by atoms with Crippen molar-refractivity contribution in [3.63, 3.8) is 0 Å². The zero-order valence-electron chi connectivity index (χ0n) is 10.3. The van der Waals surface area contributed by atoms with Gasteiger partial charge in [-0.3, -0.25) is 0 Å². The molecule has 0 aliphatic rings. The third kappa shape index (κ3) is 2.90. The first kappa shape index (κ1) is 15.6. The number of sulfonamides is 1. The van der Waals surface area contributed by atoms with Gasteiger partial charge in [-0.1, -0.05) is 0 Å². The van der Waals surface area contributed by atoms with E-state index in [9.17, 15) is 17.9 Å². The van der Waals surface area contributed by atoms with Crippen LogP contribution in [0, 0.1) is 5.82 Å². The van der Waals surface area contributed by atoms with E-state index in [-0.39, 0.29) is 16.0 Å². The molecule has 4 nitrogen and oxygen atoms in total. The van der Waals surface area contributed by atoms with E-state index in [1.807, 2.05) is 0 Å². The van der Waals surface area contributed by atoms with Crippen molar-refractivity contribution in [2.75, 3.05) is 13.7 Å². The summed E-state index contributed by atoms with van der Waals surface area (Å²) in [5, 5.41) is 9.19. The van der Waals surface area contributed by atoms with E-state index >= 15 is 0 Å². The maximum Gasteiger partial charge on any atom is 0.243 e. The van der Waals surface area contributed by atoms with Crippen molar-refractivity contribution in [2.45, 2.75) is 24.3 Å². The molecule has 18 heavy (non-hydrogen) atoms. The summed E-state index contributed by atoms with van der Waals surface area (Å²) < 4.78 is 39.1. The van der Waals surface area contributed by atoms with Crippen LogP contribution in [0.3, 0.4) is 0 Å². The minimum atomic E-state index is -3.84. The molecule has 1 N–H and O–H groups in total. The Hall–Kier alpha value is -0.500. The highest BCUT2D eigenvalue weighted by Gasteiger charge is 2.33. The van der Waals surface area contributed by atoms with Gasteiger partial charge in [0.2, 0.25) is 10.0 Å². The molecule has 0 aliphatic heterocycles. The highest BCUT2D eigenvalue weighted by molar-refractivity contribution is 9.10. The second-order valence-corrected chi connectivity index (χ2v) is 7.34. The molecule has 0 radical (unpaired) electrons. The summed E-state index contributed by atoms with van der Waals surface area (Å²) in [4.78, 5) is -0.146. The summed E-state index contributed by atoms with van der Waals surface area (Å²) in [6.45, 7) is 2.83. The fraction of sp³-hybridized carbons (Fsp3) is 0.455. The SMILES string of the molecule is CN(C(C)(C)CO)S(=O)(=O)c1ccc(Br)c(F)c1. The van der Waals surface area contributed by atoms with Gasteiger partial charge in [-0.15, -0.1) is 0 Å². The lowest BCUT2D eigenvalue weighted by atomic mass is 10.1. The van der Waals surface area contributed by atoms with Gasteiger partial charge in [-0.25, -0.2) is 12.8 Å². The standard InChI is InChI=1S/C11H15BrFNO3S/c1-11(2,7-15)14(3)18(16,17)8-4-5-9(12)10(13)6-8/h4-6,15H,7H2,1-3H3. The highest BCUT2D eigenvalue weighted by atomic mass is 79.9. The summed E-state index contributed by atoms with van der Waals surface area (Å²) in [7, 11) is -2.48. The number of likely N-dealkylation sites (N-methyl/N-ethyl adjacent to an activating group) is 1. The fourth-order valence-corrected chi connectivity index (χ4v) is 2.98. The number of aliphatic hydroxyl groups is 1. The third-order valence-electron chi connectivity index (χ3n) is 2.79. The third-order valence-corrected chi connectivity index (χ3v) is 5.50. The molecule has 0 unspecified atom stereocenters. The van der Waals surface area contributed by atoms with Gasteiger partial charge in [0, 0.05) is 7.05 Å². The van der Waals surface area contributed by atoms with Crippen molar-refractivity contribution >= 4 is 26.0 Å². The van der Waals surface area contributed by atoms with Gasteiger partial charge in [-0.2, -0.15) is 4.31 Å². The second-order valence-electron chi connectivity index (χ2n) is 4.52. The van der Waals surface area contributed by atoms with Gasteiger partial charge in [0.25, 0.3) is 0 Å². The van der Waals surface area contributed by atoms with Crippen LogP contribution in [0.4, 0.5) is 4.39 Å². The van der Waals surface area contributed by atoms with Crippen LogP contribution in [0.25, 0.3) is 0 Å². The summed E-state index contributed by atoms with van der Waals surface area (Å²) >= 11 is 2.96. The Morgan fingerprint density at radius 2 is 2.00 bits per heavy atom. The molecule has 0 bridgehead atoms. The number of aliphatic hydroxyl groups excluding tert-OH is 1. The predicted octanol–water partition coefficient (Wildman–Crippen LogP) is 1.98. The Balaban J connectivity index is 3.26. The molecule has 0 heterocycles. The van der Waals surface area contributed by atoms with Crippen molar-refractivity contribution in [1.82, 2.24) is 4.31 Å². The lowest BCUT2D eigenvalue weighted by Crippen LogP contribution is -2.47. The van der Waals surface area contributed by atoms with Crippen LogP contribution >= 0.6 is 15.9 Å². The van der Waals surface area contributed by atoms with E-state index in [0.29, 0.717) is 0 Å². The zero-order valence-corrected chi connectivity index (χ0v) is 12.7. The first-order chi connectivity index (χ1) is 8.13. The van der Waals surface area contributed by atoms with E-state index in [4.69, 9.17) is 0 Å². The maximum atomic E-state index is 13.4. The second kappa shape index (κ2) is 5.24. The summed E-state index contributed by atoms with van der Waals surface area (Å²) in [5.74, 6) is -0.647. The molecule has 0 saturated carbocycles. The first-order valence-corrected chi connectivity index (χ1v) is 7.41. The molecule has 1 aromatic rings. The molecule has 0 aromatic heterocycles. The van der Waals surface area contributed by atoms with E-state index in [2.05, 4.69) is 15.9 Å². The molecule has 102 valence electrons. The number of benzene rings is 1. The summed E-state index contributed by atoms with van der Waals surface area (Å²) in [6.07, 6.45) is 0. The number of hydrogen-bond acceptors (Lipinski definition) is 3. The Bertz CT molecular complexity index is 545. The highest BCUT2D eigenvalue weighted by Crippen LogP contribution is 2.25. The minimum Gasteiger partial charge on any atom is -0.394 e. The quantitative estimate of drug-likeness (QED) is 0.912. The number of rotatable bonds is 4. The van der Waals surface area contributed by atoms with Crippen LogP contribution < -0.4 is 0 Å². The van der Waals surface area contributed by atoms with Crippen LogP contribution in [0.2, 0.25) is 0 Å². The average molecular weight is 340 g/mol. The minimum absolute atomic E-state index is 0.146. The van der Waals surface area contributed by atoms with Crippen LogP contribution in [0.15, 0.2) is 27.6 Å². The summed E-state index contributed by atoms with van der Waals surface area (Å²) in [5.41, 5.74) is -0.956. The van der Waals surface area contributed by atoms with E-state index in [1.165, 1.54) is 19.2 Å². The normalized spacial score (nSPS) is 13.1. The molecule has 0 atom stereocenters. The van der Waals surface area contributed by atoms with Crippen molar-refractivity contribution in [3.05, 3.63) is 28.5 Å². The lowest BCUT2D eigenvalue weighted by molar-refractivity contribution is 0.138. The number of halogens is 2. The van der Waals surface area contributed by atoms with Gasteiger partial charge in [0.15, 0.2) is 0 Å². The molecule has 0 saturated heterocycles. The molecule has 7 heteroatoms. The molecular formula is C11H15BrFNO3S. The van der Waals surface area contributed by atoms with Crippen molar-refractivity contribution in [3.8, 4) is 0 Å². The lowest BCUT2D eigenvalue weighted by Gasteiger charge is -2.32. The Kier molecular flexibility index (Phi) is 4.53. The summed E-state index contributed by atoms with van der Waals surface area (Å²) in [6, 6.07) is 3.60. The van der Waals surface area contributed by atoms with Gasteiger partial charge in [-0.05, 0) is 48.0 Å². The molecule has 0 amide bonds. The van der Waals surface area contributed by atoms with Crippen LogP contribution in [0.5, 0.6) is 0 Å². The van der Waals surface area contributed by atoms with E-state index < -0.39 is 21.4 Å². The molecule has 1 aromatic carbocycles. The van der Waals surface area contributed by atoms with Gasteiger partial charge < -0.3 is 5.11 Å². The number of nitrogens with zero attached hydrogens (tertiary/aromatic N) is 1.